The topological polar surface area (TPSA) is 17.1 Å². The fraction of sp³-hybridized carbons (Fsp3) is 0.533. The second-order valence-corrected chi connectivity index (χ2v) is 4.91. The van der Waals surface area contributed by atoms with Gasteiger partial charge in [-0.2, -0.15) is 0 Å². The third-order valence-electron chi connectivity index (χ3n) is 3.89. The highest BCUT2D eigenvalue weighted by Gasteiger charge is 2.40. The van der Waals surface area contributed by atoms with E-state index in [2.05, 4.69) is 0 Å². The lowest BCUT2D eigenvalue weighted by atomic mass is 9.81. The van der Waals surface area contributed by atoms with Crippen molar-refractivity contribution in [3.63, 3.8) is 0 Å². The van der Waals surface area contributed by atoms with Gasteiger partial charge in [0.15, 0.2) is 0 Å². The van der Waals surface area contributed by atoms with Gasteiger partial charge in [0.25, 0.3) is 0 Å². The van der Waals surface area contributed by atoms with Gasteiger partial charge < -0.3 is 0 Å². The van der Waals surface area contributed by atoms with Crippen LogP contribution in [0.25, 0.3) is 0 Å². The summed E-state index contributed by atoms with van der Waals surface area (Å²) in [6, 6.07) is 9.62. The molecule has 1 nitrogen and oxygen atoms in total. The molecular formula is C15H18O. The number of benzene rings is 1. The van der Waals surface area contributed by atoms with E-state index in [1.165, 1.54) is 0 Å². The molecule has 2 saturated carbocycles. The van der Waals surface area contributed by atoms with Crippen LogP contribution < -0.4 is 0 Å². The molecule has 0 unspecified atom stereocenters. The Labute approximate surface area is 99.7 Å². The number of rotatable bonds is 1. The molecular weight excluding hydrogens is 196 g/mol. The summed E-state index contributed by atoms with van der Waals surface area (Å²) in [5.74, 6) is -0.615. The van der Waals surface area contributed by atoms with Gasteiger partial charge in [0.05, 0.1) is 0 Å². The van der Waals surface area contributed by atoms with E-state index in [1.807, 2.05) is 30.3 Å². The lowest BCUT2D eigenvalue weighted by molar-refractivity contribution is -0.125. The van der Waals surface area contributed by atoms with Crippen LogP contribution in [0, 0.1) is 11.8 Å². The van der Waals surface area contributed by atoms with Gasteiger partial charge in [0.2, 0.25) is 0 Å². The summed E-state index contributed by atoms with van der Waals surface area (Å²) in [6.07, 6.45) is 2.64. The first-order chi connectivity index (χ1) is 8.63. The van der Waals surface area contributed by atoms with Crippen molar-refractivity contribution < 1.29 is 7.54 Å². The summed E-state index contributed by atoms with van der Waals surface area (Å²) in [5.41, 5.74) is 0.896. The van der Waals surface area contributed by atoms with Crippen LogP contribution in [0.2, 0.25) is 0 Å². The largest absolute Gasteiger partial charge is 0.299 e. The van der Waals surface area contributed by atoms with Crippen LogP contribution in [0.1, 0.15) is 46.3 Å². The molecule has 0 bridgehead atoms. The second kappa shape index (κ2) is 4.04. The van der Waals surface area contributed by atoms with Gasteiger partial charge in [-0.05, 0) is 43.0 Å². The Morgan fingerprint density at radius 3 is 2.88 bits per heavy atom. The summed E-state index contributed by atoms with van der Waals surface area (Å²) >= 11 is 0. The van der Waals surface area contributed by atoms with Gasteiger partial charge in [-0.25, -0.2) is 0 Å². The molecule has 0 aromatic heterocycles. The minimum atomic E-state index is -0.892. The van der Waals surface area contributed by atoms with Gasteiger partial charge in [0, 0.05) is 15.1 Å². The SMILES string of the molecule is [2H][C@H]1[C@H]2C(=O)CCC[C@@H]2C[C@]1([2H])c1ccccc1. The number of carbonyl (C=O) groups is 1. The molecule has 4 atom stereocenters. The van der Waals surface area contributed by atoms with Gasteiger partial charge in [-0.1, -0.05) is 30.3 Å². The van der Waals surface area contributed by atoms with Crippen LogP contribution in [-0.4, -0.2) is 5.78 Å². The van der Waals surface area contributed by atoms with E-state index in [9.17, 15) is 4.79 Å². The van der Waals surface area contributed by atoms with E-state index in [1.54, 1.807) is 0 Å². The lowest BCUT2D eigenvalue weighted by Gasteiger charge is -2.22. The van der Waals surface area contributed by atoms with Crippen LogP contribution in [0.4, 0.5) is 0 Å². The highest BCUT2D eigenvalue weighted by molar-refractivity contribution is 5.82. The zero-order valence-corrected chi connectivity index (χ0v) is 9.36. The third-order valence-corrected chi connectivity index (χ3v) is 3.89. The Morgan fingerprint density at radius 1 is 1.31 bits per heavy atom. The Kier molecular flexibility index (Phi) is 2.03. The van der Waals surface area contributed by atoms with E-state index < -0.39 is 12.3 Å². The summed E-state index contributed by atoms with van der Waals surface area (Å²) in [5, 5.41) is 0. The second-order valence-electron chi connectivity index (χ2n) is 4.91. The number of hydrogen-bond acceptors (Lipinski definition) is 1. The van der Waals surface area contributed by atoms with E-state index >= 15 is 0 Å². The number of hydrogen-bond donors (Lipinski definition) is 0. The number of Topliss-reactive ketones (excluding diaryl/α,β-unsaturated/α-hetero) is 1. The molecule has 0 saturated heterocycles. The minimum absolute atomic E-state index is 0.198. The van der Waals surface area contributed by atoms with Crippen LogP contribution in [0.5, 0.6) is 0 Å². The average molecular weight is 216 g/mol. The Balaban J connectivity index is 1.97. The maximum atomic E-state index is 12.0. The molecule has 0 N–H and O–H groups in total. The number of fused-ring (bicyclic) bond motifs is 1. The standard InChI is InChI=1S/C15H18O/c16-15-8-4-7-12-9-13(10-14(12)15)11-5-2-1-3-6-11/h1-3,5-6,12-14H,4,7-10H2/t12-,13+,14-/m1/s1/i10D,13D/t10-,12-,13+,14-. The molecule has 3 rings (SSSR count). The van der Waals surface area contributed by atoms with Gasteiger partial charge in [0.1, 0.15) is 5.78 Å². The first-order valence-corrected chi connectivity index (χ1v) is 6.13. The number of carbonyl (C=O) groups excluding carboxylic acids is 1. The molecule has 16 heavy (non-hydrogen) atoms. The normalized spacial score (nSPS) is 44.8. The van der Waals surface area contributed by atoms with Crippen LogP contribution >= 0.6 is 0 Å². The first kappa shape index (κ1) is 8.05. The fourth-order valence-corrected chi connectivity index (χ4v) is 3.04. The minimum Gasteiger partial charge on any atom is -0.299 e. The van der Waals surface area contributed by atoms with E-state index in [0.29, 0.717) is 12.8 Å². The molecule has 0 spiro atoms. The van der Waals surface area contributed by atoms with E-state index in [0.717, 1.165) is 18.4 Å². The predicted octanol–water partition coefficient (Wildman–Crippen LogP) is 3.55. The molecule has 1 heteroatoms. The average Bonchev–Trinajstić information content (AvgIpc) is 2.65. The summed E-state index contributed by atoms with van der Waals surface area (Å²) in [6.45, 7) is 0. The summed E-state index contributed by atoms with van der Waals surface area (Å²) < 4.78 is 17.0. The highest BCUT2D eigenvalue weighted by Crippen LogP contribution is 2.47. The van der Waals surface area contributed by atoms with Crippen molar-refractivity contribution in [2.45, 2.75) is 38.0 Å². The van der Waals surface area contributed by atoms with Crippen molar-refractivity contribution in [2.24, 2.45) is 11.8 Å². The third kappa shape index (κ3) is 1.68. The molecule has 0 amide bonds. The van der Waals surface area contributed by atoms with E-state index in [-0.39, 0.29) is 17.6 Å². The lowest BCUT2D eigenvalue weighted by Crippen LogP contribution is -2.23. The van der Waals surface area contributed by atoms with E-state index in [4.69, 9.17) is 2.74 Å². The van der Waals surface area contributed by atoms with Gasteiger partial charge in [-0.15, -0.1) is 0 Å². The molecule has 1 aromatic rings. The Bertz CT molecular complexity index is 459. The maximum absolute atomic E-state index is 12.0. The molecule has 0 heterocycles. The van der Waals surface area contributed by atoms with Gasteiger partial charge in [-0.3, -0.25) is 4.79 Å². The fourth-order valence-electron chi connectivity index (χ4n) is 3.04. The van der Waals surface area contributed by atoms with Crippen molar-refractivity contribution in [3.8, 4) is 0 Å². The van der Waals surface area contributed by atoms with Crippen molar-refractivity contribution >= 4 is 5.78 Å². The quantitative estimate of drug-likeness (QED) is 0.701. The molecule has 2 fully saturated rings. The Morgan fingerprint density at radius 2 is 2.12 bits per heavy atom. The maximum Gasteiger partial charge on any atom is 0.136 e. The zero-order valence-electron chi connectivity index (χ0n) is 11.4. The van der Waals surface area contributed by atoms with Crippen molar-refractivity contribution in [1.82, 2.24) is 0 Å². The smallest absolute Gasteiger partial charge is 0.136 e. The highest BCUT2D eigenvalue weighted by atomic mass is 16.1. The molecule has 2 aliphatic rings. The van der Waals surface area contributed by atoms with Crippen LogP contribution in [0.3, 0.4) is 0 Å². The zero-order chi connectivity index (χ0) is 12.8. The summed E-state index contributed by atoms with van der Waals surface area (Å²) in [7, 11) is 0. The summed E-state index contributed by atoms with van der Waals surface area (Å²) in [4.78, 5) is 12.0. The van der Waals surface area contributed by atoms with Crippen molar-refractivity contribution in [3.05, 3.63) is 35.9 Å². The predicted molar refractivity (Wildman–Crippen MR) is 64.3 cm³/mol. The first-order valence-electron chi connectivity index (χ1n) is 7.21. The molecule has 0 radical (unpaired) electrons. The molecule has 84 valence electrons. The van der Waals surface area contributed by atoms with Crippen molar-refractivity contribution in [1.29, 1.82) is 0 Å². The Hall–Kier alpha value is -1.11. The molecule has 2 aliphatic carbocycles. The molecule has 0 aliphatic heterocycles. The monoisotopic (exact) mass is 216 g/mol. The molecule has 1 aromatic carbocycles. The van der Waals surface area contributed by atoms with Crippen molar-refractivity contribution in [2.75, 3.05) is 0 Å². The van der Waals surface area contributed by atoms with Gasteiger partial charge >= 0.3 is 0 Å². The number of ketones is 1. The van der Waals surface area contributed by atoms with Crippen LogP contribution in [-0.2, 0) is 4.79 Å². The van der Waals surface area contributed by atoms with Crippen LogP contribution in [0.15, 0.2) is 30.3 Å².